The molecule has 0 saturated carbocycles. The summed E-state index contributed by atoms with van der Waals surface area (Å²) in [6.45, 7) is 5.39. The summed E-state index contributed by atoms with van der Waals surface area (Å²) in [5, 5.41) is 3.28. The molecule has 1 aromatic rings. The summed E-state index contributed by atoms with van der Waals surface area (Å²) in [7, 11) is 0. The Morgan fingerprint density at radius 1 is 1.29 bits per heavy atom. The van der Waals surface area contributed by atoms with Crippen LogP contribution < -0.4 is 11.1 Å². The Bertz CT molecular complexity index is 387. The molecule has 1 fully saturated rings. The Kier molecular flexibility index (Phi) is 3.45. The van der Waals surface area contributed by atoms with E-state index in [0.717, 1.165) is 31.7 Å². The van der Waals surface area contributed by atoms with Crippen LogP contribution in [0, 0.1) is 0 Å². The van der Waals surface area contributed by atoms with Crippen LogP contribution in [0.1, 0.15) is 12.5 Å². The van der Waals surface area contributed by atoms with E-state index in [4.69, 9.17) is 5.73 Å². The highest BCUT2D eigenvalue weighted by atomic mass is 16.1. The first kappa shape index (κ1) is 12.1. The van der Waals surface area contributed by atoms with Gasteiger partial charge in [-0.25, -0.2) is 0 Å². The number of benzene rings is 1. The van der Waals surface area contributed by atoms with E-state index in [2.05, 4.69) is 10.2 Å². The van der Waals surface area contributed by atoms with E-state index in [1.165, 1.54) is 0 Å². The third-order valence-electron chi connectivity index (χ3n) is 3.57. The number of nitrogens with two attached hydrogens (primary N) is 1. The maximum absolute atomic E-state index is 11.9. The van der Waals surface area contributed by atoms with Gasteiger partial charge in [0, 0.05) is 26.2 Å². The number of hydrogen-bond donors (Lipinski definition) is 2. The van der Waals surface area contributed by atoms with Crippen molar-refractivity contribution in [3.63, 3.8) is 0 Å². The molecule has 1 aromatic carbocycles. The van der Waals surface area contributed by atoms with Crippen LogP contribution in [0.4, 0.5) is 0 Å². The summed E-state index contributed by atoms with van der Waals surface area (Å²) in [5.41, 5.74) is 5.89. The van der Waals surface area contributed by atoms with Crippen LogP contribution in [0.5, 0.6) is 0 Å². The smallest absolute Gasteiger partial charge is 0.242 e. The highest BCUT2D eigenvalue weighted by Crippen LogP contribution is 2.28. The van der Waals surface area contributed by atoms with Gasteiger partial charge in [-0.1, -0.05) is 30.3 Å². The summed E-state index contributed by atoms with van der Waals surface area (Å²) >= 11 is 0. The maximum atomic E-state index is 11.9. The summed E-state index contributed by atoms with van der Waals surface area (Å²) in [5.74, 6) is -0.286. The van der Waals surface area contributed by atoms with Gasteiger partial charge in [-0.05, 0) is 12.5 Å². The van der Waals surface area contributed by atoms with Crippen LogP contribution >= 0.6 is 0 Å². The minimum atomic E-state index is -0.705. The number of amides is 1. The lowest BCUT2D eigenvalue weighted by Crippen LogP contribution is -2.58. The van der Waals surface area contributed by atoms with E-state index in [9.17, 15) is 4.79 Å². The first-order valence-electron chi connectivity index (χ1n) is 5.97. The summed E-state index contributed by atoms with van der Waals surface area (Å²) in [6.07, 6.45) is 0. The van der Waals surface area contributed by atoms with Gasteiger partial charge in [-0.15, -0.1) is 0 Å². The van der Waals surface area contributed by atoms with Crippen molar-refractivity contribution in [1.82, 2.24) is 10.2 Å². The molecule has 4 nitrogen and oxygen atoms in total. The van der Waals surface area contributed by atoms with Crippen molar-refractivity contribution in [1.29, 1.82) is 0 Å². The lowest BCUT2D eigenvalue weighted by Gasteiger charge is -2.41. The molecule has 4 heteroatoms. The van der Waals surface area contributed by atoms with Gasteiger partial charge in [0.15, 0.2) is 0 Å². The second-order valence-corrected chi connectivity index (χ2v) is 4.54. The fourth-order valence-electron chi connectivity index (χ4n) is 2.36. The zero-order valence-electron chi connectivity index (χ0n) is 10.1. The number of nitrogens with one attached hydrogen (secondary N) is 1. The number of piperazine rings is 1. The average Bonchev–Trinajstić information content (AvgIpc) is 2.39. The summed E-state index contributed by atoms with van der Waals surface area (Å²) < 4.78 is 0. The highest BCUT2D eigenvalue weighted by Gasteiger charge is 2.39. The molecular weight excluding hydrogens is 214 g/mol. The lowest BCUT2D eigenvalue weighted by molar-refractivity contribution is -0.130. The van der Waals surface area contributed by atoms with E-state index >= 15 is 0 Å². The fraction of sp³-hybridized carbons (Fsp3) is 0.462. The Labute approximate surface area is 102 Å². The molecule has 1 unspecified atom stereocenters. The quantitative estimate of drug-likeness (QED) is 0.789. The van der Waals surface area contributed by atoms with Crippen molar-refractivity contribution in [3.05, 3.63) is 35.9 Å². The van der Waals surface area contributed by atoms with Crippen LogP contribution in [-0.4, -0.2) is 37.0 Å². The molecule has 1 atom stereocenters. The highest BCUT2D eigenvalue weighted by molar-refractivity contribution is 5.85. The molecule has 0 radical (unpaired) electrons. The molecule has 92 valence electrons. The average molecular weight is 233 g/mol. The normalized spacial score (nSPS) is 20.8. The second-order valence-electron chi connectivity index (χ2n) is 4.54. The van der Waals surface area contributed by atoms with Gasteiger partial charge in [0.2, 0.25) is 5.91 Å². The van der Waals surface area contributed by atoms with Gasteiger partial charge in [0.05, 0.1) is 0 Å². The predicted molar refractivity (Wildman–Crippen MR) is 67.4 cm³/mol. The van der Waals surface area contributed by atoms with Crippen molar-refractivity contribution in [2.75, 3.05) is 26.2 Å². The molecule has 0 aliphatic carbocycles. The van der Waals surface area contributed by atoms with Crippen molar-refractivity contribution >= 4 is 5.91 Å². The number of nitrogens with zero attached hydrogens (tertiary/aromatic N) is 1. The van der Waals surface area contributed by atoms with Crippen molar-refractivity contribution in [2.24, 2.45) is 5.73 Å². The SMILES string of the molecule is CC(C(N)=O)(c1ccccc1)N1CCNCC1. The molecule has 1 aliphatic heterocycles. The van der Waals surface area contributed by atoms with Gasteiger partial charge in [-0.2, -0.15) is 0 Å². The molecule has 1 aliphatic rings. The predicted octanol–water partition coefficient (Wildman–Crippen LogP) is 0.292. The number of carbonyl (C=O) groups excluding carboxylic acids is 1. The maximum Gasteiger partial charge on any atom is 0.242 e. The van der Waals surface area contributed by atoms with Gasteiger partial charge >= 0.3 is 0 Å². The summed E-state index contributed by atoms with van der Waals surface area (Å²) in [6, 6.07) is 9.76. The van der Waals surface area contributed by atoms with Crippen molar-refractivity contribution in [2.45, 2.75) is 12.5 Å². The lowest BCUT2D eigenvalue weighted by atomic mass is 9.88. The molecule has 0 spiro atoms. The van der Waals surface area contributed by atoms with E-state index in [1.807, 2.05) is 37.3 Å². The van der Waals surface area contributed by atoms with Crippen LogP contribution in [0.3, 0.4) is 0 Å². The minimum Gasteiger partial charge on any atom is -0.368 e. The van der Waals surface area contributed by atoms with Crippen LogP contribution in [0.25, 0.3) is 0 Å². The monoisotopic (exact) mass is 233 g/mol. The van der Waals surface area contributed by atoms with Gasteiger partial charge in [0.25, 0.3) is 0 Å². The molecule has 1 amide bonds. The molecule has 17 heavy (non-hydrogen) atoms. The summed E-state index contributed by atoms with van der Waals surface area (Å²) in [4.78, 5) is 14.0. The molecule has 0 aromatic heterocycles. The van der Waals surface area contributed by atoms with E-state index in [0.29, 0.717) is 0 Å². The number of carbonyl (C=O) groups is 1. The van der Waals surface area contributed by atoms with E-state index in [-0.39, 0.29) is 5.91 Å². The van der Waals surface area contributed by atoms with Gasteiger partial charge in [0.1, 0.15) is 5.54 Å². The van der Waals surface area contributed by atoms with Crippen molar-refractivity contribution in [3.8, 4) is 0 Å². The standard InChI is InChI=1S/C13H19N3O/c1-13(12(14)17,11-5-3-2-4-6-11)16-9-7-15-8-10-16/h2-6,15H,7-10H2,1H3,(H2,14,17). The first-order chi connectivity index (χ1) is 8.15. The molecule has 1 heterocycles. The largest absolute Gasteiger partial charge is 0.368 e. The van der Waals surface area contributed by atoms with Crippen LogP contribution in [0.2, 0.25) is 0 Å². The molecule has 2 rings (SSSR count). The zero-order valence-corrected chi connectivity index (χ0v) is 10.1. The van der Waals surface area contributed by atoms with Gasteiger partial charge in [-0.3, -0.25) is 9.69 Å². The topological polar surface area (TPSA) is 58.4 Å². The number of rotatable bonds is 3. The Balaban J connectivity index is 2.35. The third-order valence-corrected chi connectivity index (χ3v) is 3.57. The first-order valence-corrected chi connectivity index (χ1v) is 5.97. The van der Waals surface area contributed by atoms with Crippen LogP contribution in [-0.2, 0) is 10.3 Å². The molecule has 3 N–H and O–H groups in total. The second kappa shape index (κ2) is 4.85. The van der Waals surface area contributed by atoms with Crippen LogP contribution in [0.15, 0.2) is 30.3 Å². The zero-order chi connectivity index (χ0) is 12.3. The number of hydrogen-bond acceptors (Lipinski definition) is 3. The Hall–Kier alpha value is -1.39. The minimum absolute atomic E-state index is 0.286. The Morgan fingerprint density at radius 2 is 1.88 bits per heavy atom. The third kappa shape index (κ3) is 2.18. The van der Waals surface area contributed by atoms with E-state index in [1.54, 1.807) is 0 Å². The number of primary amides is 1. The van der Waals surface area contributed by atoms with E-state index < -0.39 is 5.54 Å². The fourth-order valence-corrected chi connectivity index (χ4v) is 2.36. The molecular formula is C13H19N3O. The molecule has 1 saturated heterocycles. The van der Waals surface area contributed by atoms with Crippen molar-refractivity contribution < 1.29 is 4.79 Å². The van der Waals surface area contributed by atoms with Gasteiger partial charge < -0.3 is 11.1 Å². The Morgan fingerprint density at radius 3 is 2.41 bits per heavy atom. The molecule has 0 bridgehead atoms.